The van der Waals surface area contributed by atoms with Crippen molar-refractivity contribution >= 4 is 23.4 Å². The molecule has 2 amide bonds. The minimum Gasteiger partial charge on any atom is -0.342 e. The third-order valence-electron chi connectivity index (χ3n) is 5.33. The van der Waals surface area contributed by atoms with E-state index >= 15 is 0 Å². The summed E-state index contributed by atoms with van der Waals surface area (Å²) in [5.74, 6) is -0.373. The molecule has 0 aromatic heterocycles. The van der Waals surface area contributed by atoms with Crippen LogP contribution in [-0.4, -0.2) is 47.3 Å². The summed E-state index contributed by atoms with van der Waals surface area (Å²) in [6, 6.07) is 4.44. The number of hydrogen-bond acceptors (Lipinski definition) is 2. The van der Waals surface area contributed by atoms with Crippen molar-refractivity contribution < 1.29 is 14.0 Å². The van der Waals surface area contributed by atoms with Crippen molar-refractivity contribution in [3.8, 4) is 0 Å². The highest BCUT2D eigenvalue weighted by Gasteiger charge is 2.45. The van der Waals surface area contributed by atoms with Crippen LogP contribution in [0.5, 0.6) is 0 Å². The lowest BCUT2D eigenvalue weighted by Gasteiger charge is -2.43. The lowest BCUT2D eigenvalue weighted by Crippen LogP contribution is -2.53. The van der Waals surface area contributed by atoms with E-state index in [-0.39, 0.29) is 34.4 Å². The molecule has 0 radical (unpaired) electrons. The number of amides is 2. The fourth-order valence-electron chi connectivity index (χ4n) is 3.66. The molecule has 2 aliphatic rings. The maximum absolute atomic E-state index is 13.8. The van der Waals surface area contributed by atoms with Crippen LogP contribution in [-0.2, 0) is 16.0 Å². The first-order chi connectivity index (χ1) is 10.9. The van der Waals surface area contributed by atoms with Gasteiger partial charge < -0.3 is 9.80 Å². The van der Waals surface area contributed by atoms with Gasteiger partial charge in [0.15, 0.2) is 0 Å². The van der Waals surface area contributed by atoms with Gasteiger partial charge in [0.25, 0.3) is 0 Å². The summed E-state index contributed by atoms with van der Waals surface area (Å²) in [4.78, 5) is 27.8. The average Bonchev–Trinajstić information content (AvgIpc) is 2.80. The molecule has 1 aromatic carbocycles. The van der Waals surface area contributed by atoms with E-state index in [1.807, 2.05) is 11.9 Å². The maximum Gasteiger partial charge on any atom is 0.227 e. The van der Waals surface area contributed by atoms with E-state index in [0.29, 0.717) is 19.5 Å². The van der Waals surface area contributed by atoms with Crippen LogP contribution in [0.2, 0.25) is 5.02 Å². The van der Waals surface area contributed by atoms with Crippen LogP contribution in [0.1, 0.15) is 31.2 Å². The van der Waals surface area contributed by atoms with Gasteiger partial charge >= 0.3 is 0 Å². The molecule has 0 N–H and O–H groups in total. The molecule has 2 saturated heterocycles. The summed E-state index contributed by atoms with van der Waals surface area (Å²) in [6.45, 7) is 1.20. The van der Waals surface area contributed by atoms with Gasteiger partial charge in [-0.25, -0.2) is 4.39 Å². The van der Waals surface area contributed by atoms with E-state index in [9.17, 15) is 14.0 Å². The number of carbonyl (C=O) groups is 2. The summed E-state index contributed by atoms with van der Waals surface area (Å²) in [5.41, 5.74) is 0.163. The lowest BCUT2D eigenvalue weighted by molar-refractivity contribution is -0.135. The first-order valence-electron chi connectivity index (χ1n) is 7.90. The highest BCUT2D eigenvalue weighted by Crippen LogP contribution is 2.38. The Morgan fingerprint density at radius 1 is 1.30 bits per heavy atom. The zero-order chi connectivity index (χ0) is 16.6. The van der Waals surface area contributed by atoms with E-state index in [1.54, 1.807) is 11.0 Å². The Morgan fingerprint density at radius 2 is 2.00 bits per heavy atom. The van der Waals surface area contributed by atoms with Gasteiger partial charge in [0, 0.05) is 42.7 Å². The van der Waals surface area contributed by atoms with Crippen molar-refractivity contribution in [1.29, 1.82) is 0 Å². The summed E-state index contributed by atoms with van der Waals surface area (Å²) >= 11 is 5.99. The van der Waals surface area contributed by atoms with Crippen molar-refractivity contribution in [1.82, 2.24) is 9.80 Å². The van der Waals surface area contributed by atoms with E-state index in [2.05, 4.69) is 0 Å². The molecule has 0 unspecified atom stereocenters. The predicted molar refractivity (Wildman–Crippen MR) is 85.7 cm³/mol. The Bertz CT molecular complexity index is 621. The van der Waals surface area contributed by atoms with Gasteiger partial charge in [0.05, 0.1) is 6.42 Å². The van der Waals surface area contributed by atoms with Crippen LogP contribution in [0.3, 0.4) is 0 Å². The number of piperidine rings is 1. The molecule has 2 fully saturated rings. The second kappa shape index (κ2) is 6.11. The molecular weight excluding hydrogens is 319 g/mol. The summed E-state index contributed by atoms with van der Waals surface area (Å²) < 4.78 is 13.8. The molecule has 0 aliphatic carbocycles. The molecule has 6 heteroatoms. The van der Waals surface area contributed by atoms with E-state index in [4.69, 9.17) is 11.6 Å². The third-order valence-corrected chi connectivity index (χ3v) is 5.68. The monoisotopic (exact) mass is 338 g/mol. The lowest BCUT2D eigenvalue weighted by atomic mass is 9.85. The number of carbonyl (C=O) groups excluding carboxylic acids is 2. The normalized spacial score (nSPS) is 20.4. The van der Waals surface area contributed by atoms with Crippen LogP contribution < -0.4 is 0 Å². The fourth-order valence-corrected chi connectivity index (χ4v) is 3.89. The Labute approximate surface area is 140 Å². The fraction of sp³-hybridized carbons (Fsp3) is 0.529. The zero-order valence-corrected chi connectivity index (χ0v) is 13.9. The van der Waals surface area contributed by atoms with E-state index < -0.39 is 5.82 Å². The highest BCUT2D eigenvalue weighted by atomic mass is 35.5. The average molecular weight is 339 g/mol. The van der Waals surface area contributed by atoms with Crippen LogP contribution in [0.4, 0.5) is 4.39 Å². The second-order valence-corrected chi connectivity index (χ2v) is 6.84. The standard InChI is InChI=1S/C17H20ClFN2O2/c1-20-15(22)5-6-17(20)7-9-21(10-8-17)16(23)11-12-13(18)3-2-4-14(12)19/h2-4H,5-11H2,1H3. The molecule has 0 bridgehead atoms. The van der Waals surface area contributed by atoms with Crippen molar-refractivity contribution in [3.63, 3.8) is 0 Å². The molecule has 1 aromatic rings. The first-order valence-corrected chi connectivity index (χ1v) is 8.28. The van der Waals surface area contributed by atoms with Crippen LogP contribution >= 0.6 is 11.6 Å². The van der Waals surface area contributed by atoms with Crippen molar-refractivity contribution in [2.45, 2.75) is 37.6 Å². The predicted octanol–water partition coefficient (Wildman–Crippen LogP) is 2.64. The van der Waals surface area contributed by atoms with Gasteiger partial charge in [-0.15, -0.1) is 0 Å². The Balaban J connectivity index is 1.64. The van der Waals surface area contributed by atoms with Gasteiger partial charge in [-0.2, -0.15) is 0 Å². The van der Waals surface area contributed by atoms with Crippen LogP contribution in [0.15, 0.2) is 18.2 Å². The molecule has 1 spiro atoms. The van der Waals surface area contributed by atoms with Crippen molar-refractivity contribution in [2.75, 3.05) is 20.1 Å². The Morgan fingerprint density at radius 3 is 2.57 bits per heavy atom. The summed E-state index contributed by atoms with van der Waals surface area (Å²) in [5, 5.41) is 0.285. The van der Waals surface area contributed by atoms with Gasteiger partial charge in [0.2, 0.25) is 11.8 Å². The maximum atomic E-state index is 13.8. The number of halogens is 2. The van der Waals surface area contributed by atoms with E-state index in [0.717, 1.165) is 19.3 Å². The number of benzene rings is 1. The Hall–Kier alpha value is -1.62. The van der Waals surface area contributed by atoms with Gasteiger partial charge in [-0.05, 0) is 31.4 Å². The largest absolute Gasteiger partial charge is 0.342 e. The van der Waals surface area contributed by atoms with Crippen LogP contribution in [0, 0.1) is 5.82 Å². The zero-order valence-electron chi connectivity index (χ0n) is 13.1. The minimum atomic E-state index is -0.444. The highest BCUT2D eigenvalue weighted by molar-refractivity contribution is 6.31. The molecule has 4 nitrogen and oxygen atoms in total. The quantitative estimate of drug-likeness (QED) is 0.831. The summed E-state index contributed by atoms with van der Waals surface area (Å²) in [7, 11) is 1.85. The molecule has 0 atom stereocenters. The number of hydrogen-bond donors (Lipinski definition) is 0. The van der Waals surface area contributed by atoms with Crippen LogP contribution in [0.25, 0.3) is 0 Å². The molecule has 124 valence electrons. The topological polar surface area (TPSA) is 40.6 Å². The van der Waals surface area contributed by atoms with Crippen molar-refractivity contribution in [3.05, 3.63) is 34.6 Å². The molecule has 23 heavy (non-hydrogen) atoms. The molecule has 3 rings (SSSR count). The molecule has 0 saturated carbocycles. The SMILES string of the molecule is CN1C(=O)CCC12CCN(C(=O)Cc1c(F)cccc1Cl)CC2. The second-order valence-electron chi connectivity index (χ2n) is 6.43. The summed E-state index contributed by atoms with van der Waals surface area (Å²) in [6.07, 6.45) is 3.00. The number of rotatable bonds is 2. The third kappa shape index (κ3) is 2.94. The number of likely N-dealkylation sites (tertiary alicyclic amines) is 2. The van der Waals surface area contributed by atoms with E-state index in [1.165, 1.54) is 12.1 Å². The smallest absolute Gasteiger partial charge is 0.227 e. The van der Waals surface area contributed by atoms with Crippen molar-refractivity contribution in [2.24, 2.45) is 0 Å². The molecular formula is C17H20ClFN2O2. The Kier molecular flexibility index (Phi) is 4.32. The van der Waals surface area contributed by atoms with Gasteiger partial charge in [-0.3, -0.25) is 9.59 Å². The first kappa shape index (κ1) is 16.2. The minimum absolute atomic E-state index is 0.0206. The molecule has 2 heterocycles. The van der Waals surface area contributed by atoms with Gasteiger partial charge in [-0.1, -0.05) is 17.7 Å². The molecule has 2 aliphatic heterocycles. The van der Waals surface area contributed by atoms with Gasteiger partial charge in [0.1, 0.15) is 5.82 Å². The number of nitrogens with zero attached hydrogens (tertiary/aromatic N) is 2.